The molecule has 0 unspecified atom stereocenters. The molecule has 1 aromatic heterocycles. The summed E-state index contributed by atoms with van der Waals surface area (Å²) in [6.07, 6.45) is 2.80. The number of aromatic carboxylic acids is 1. The van der Waals surface area contributed by atoms with E-state index < -0.39 is 17.3 Å². The molecule has 6 heteroatoms. The van der Waals surface area contributed by atoms with Crippen LogP contribution in [0.2, 0.25) is 0 Å². The van der Waals surface area contributed by atoms with Crippen molar-refractivity contribution in [3.8, 4) is 0 Å². The molecule has 0 saturated heterocycles. The van der Waals surface area contributed by atoms with Crippen LogP contribution in [0.1, 0.15) is 24.2 Å². The number of hydrogen-bond acceptors (Lipinski definition) is 4. The summed E-state index contributed by atoms with van der Waals surface area (Å²) in [6.45, 7) is 3.60. The first-order chi connectivity index (χ1) is 7.84. The zero-order valence-corrected chi connectivity index (χ0v) is 9.73. The predicted octanol–water partition coefficient (Wildman–Crippen LogP) is 0.703. The van der Waals surface area contributed by atoms with E-state index in [1.54, 1.807) is 13.8 Å². The highest BCUT2D eigenvalue weighted by Crippen LogP contribution is 2.18. The van der Waals surface area contributed by atoms with Gasteiger partial charge in [0.25, 0.3) is 0 Å². The average molecular weight is 237 g/mol. The maximum absolute atomic E-state index is 11.1. The van der Waals surface area contributed by atoms with E-state index in [0.29, 0.717) is 5.69 Å². The third-order valence-electron chi connectivity index (χ3n) is 2.44. The molecule has 0 radical (unpaired) electrons. The van der Waals surface area contributed by atoms with Crippen LogP contribution in [0.25, 0.3) is 0 Å². The summed E-state index contributed by atoms with van der Waals surface area (Å²) in [4.78, 5) is 25.9. The summed E-state index contributed by atoms with van der Waals surface area (Å²) in [5.41, 5.74) is 4.94. The molecule has 17 heavy (non-hydrogen) atoms. The second kappa shape index (κ2) is 4.82. The Morgan fingerprint density at radius 3 is 2.71 bits per heavy atom. The monoisotopic (exact) mass is 237 g/mol. The molecule has 0 bridgehead atoms. The molecule has 6 nitrogen and oxygen atoms in total. The Morgan fingerprint density at radius 1 is 1.53 bits per heavy atom. The average Bonchev–Trinajstić information content (AvgIpc) is 2.26. The van der Waals surface area contributed by atoms with Gasteiger partial charge in [0, 0.05) is 12.7 Å². The third-order valence-corrected chi connectivity index (χ3v) is 2.44. The lowest BCUT2D eigenvalue weighted by atomic mass is 9.92. The van der Waals surface area contributed by atoms with E-state index in [2.05, 4.69) is 10.3 Å². The number of amides is 1. The van der Waals surface area contributed by atoms with E-state index >= 15 is 0 Å². The Balaban J connectivity index is 2.83. The number of nitrogens with zero attached hydrogens (tertiary/aromatic N) is 1. The van der Waals surface area contributed by atoms with Gasteiger partial charge >= 0.3 is 5.97 Å². The van der Waals surface area contributed by atoms with Gasteiger partial charge in [-0.25, -0.2) is 4.79 Å². The van der Waals surface area contributed by atoms with Crippen LogP contribution in [-0.4, -0.2) is 28.5 Å². The topological polar surface area (TPSA) is 105 Å². The molecule has 4 N–H and O–H groups in total. The van der Waals surface area contributed by atoms with Gasteiger partial charge in [0.2, 0.25) is 5.91 Å². The fourth-order valence-corrected chi connectivity index (χ4v) is 1.13. The Hall–Kier alpha value is -2.11. The van der Waals surface area contributed by atoms with E-state index in [0.717, 1.165) is 0 Å². The van der Waals surface area contributed by atoms with Crippen LogP contribution < -0.4 is 11.1 Å². The van der Waals surface area contributed by atoms with Crippen LogP contribution in [0.5, 0.6) is 0 Å². The lowest BCUT2D eigenvalue weighted by Gasteiger charge is -2.21. The Bertz CT molecular complexity index is 443. The summed E-state index contributed by atoms with van der Waals surface area (Å²) in [5, 5.41) is 11.8. The van der Waals surface area contributed by atoms with Crippen LogP contribution in [0.15, 0.2) is 18.5 Å². The summed E-state index contributed by atoms with van der Waals surface area (Å²) < 4.78 is 0. The molecule has 0 saturated carbocycles. The molecule has 0 aliphatic carbocycles. The molecule has 0 fully saturated rings. The molecule has 0 spiro atoms. The minimum atomic E-state index is -1.05. The molecule has 0 aliphatic heterocycles. The molecule has 0 aliphatic rings. The van der Waals surface area contributed by atoms with E-state index in [9.17, 15) is 9.59 Å². The van der Waals surface area contributed by atoms with Gasteiger partial charge < -0.3 is 16.2 Å². The SMILES string of the molecule is CC(C)(CNc1cnccc1C(=O)O)C(N)=O. The Labute approximate surface area is 98.8 Å². The van der Waals surface area contributed by atoms with Gasteiger partial charge in [-0.3, -0.25) is 9.78 Å². The van der Waals surface area contributed by atoms with Gasteiger partial charge in [-0.1, -0.05) is 0 Å². The number of carboxylic acids is 1. The summed E-state index contributed by atoms with van der Waals surface area (Å²) >= 11 is 0. The molecule has 1 rings (SSSR count). The van der Waals surface area contributed by atoms with Crippen molar-refractivity contribution in [2.75, 3.05) is 11.9 Å². The minimum Gasteiger partial charge on any atom is -0.478 e. The summed E-state index contributed by atoms with van der Waals surface area (Å²) in [6, 6.07) is 1.39. The number of carbonyl (C=O) groups is 2. The van der Waals surface area contributed by atoms with Crippen LogP contribution in [-0.2, 0) is 4.79 Å². The van der Waals surface area contributed by atoms with Crippen LogP contribution in [0.4, 0.5) is 5.69 Å². The van der Waals surface area contributed by atoms with E-state index in [-0.39, 0.29) is 12.1 Å². The van der Waals surface area contributed by atoms with Crippen molar-refractivity contribution in [2.24, 2.45) is 11.1 Å². The molecule has 1 aromatic rings. The van der Waals surface area contributed by atoms with Crippen molar-refractivity contribution >= 4 is 17.6 Å². The minimum absolute atomic E-state index is 0.111. The van der Waals surface area contributed by atoms with Crippen LogP contribution in [0.3, 0.4) is 0 Å². The number of rotatable bonds is 5. The molecule has 0 aromatic carbocycles. The van der Waals surface area contributed by atoms with Crippen LogP contribution >= 0.6 is 0 Å². The van der Waals surface area contributed by atoms with Gasteiger partial charge in [-0.2, -0.15) is 0 Å². The van der Waals surface area contributed by atoms with Crippen molar-refractivity contribution < 1.29 is 14.7 Å². The van der Waals surface area contributed by atoms with Gasteiger partial charge in [0.1, 0.15) is 0 Å². The summed E-state index contributed by atoms with van der Waals surface area (Å²) in [7, 11) is 0. The van der Waals surface area contributed by atoms with Gasteiger partial charge in [-0.05, 0) is 19.9 Å². The maximum Gasteiger partial charge on any atom is 0.337 e. The second-order valence-corrected chi connectivity index (χ2v) is 4.33. The van der Waals surface area contributed by atoms with Crippen molar-refractivity contribution in [3.05, 3.63) is 24.0 Å². The number of primary amides is 1. The summed E-state index contributed by atoms with van der Waals surface area (Å²) in [5.74, 6) is -1.50. The maximum atomic E-state index is 11.1. The molecular formula is C11H15N3O3. The van der Waals surface area contributed by atoms with Crippen LogP contribution in [0, 0.1) is 5.41 Å². The number of pyridine rings is 1. The van der Waals surface area contributed by atoms with E-state index in [1.807, 2.05) is 0 Å². The number of aromatic nitrogens is 1. The highest BCUT2D eigenvalue weighted by molar-refractivity contribution is 5.94. The highest BCUT2D eigenvalue weighted by Gasteiger charge is 2.25. The third kappa shape index (κ3) is 3.17. The lowest BCUT2D eigenvalue weighted by molar-refractivity contribution is -0.125. The van der Waals surface area contributed by atoms with Gasteiger partial charge in [0.05, 0.1) is 22.9 Å². The first kappa shape index (κ1) is 13.0. The fraction of sp³-hybridized carbons (Fsp3) is 0.364. The first-order valence-corrected chi connectivity index (χ1v) is 5.05. The highest BCUT2D eigenvalue weighted by atomic mass is 16.4. The molecule has 1 amide bonds. The largest absolute Gasteiger partial charge is 0.478 e. The zero-order valence-electron chi connectivity index (χ0n) is 9.73. The Morgan fingerprint density at radius 2 is 2.18 bits per heavy atom. The van der Waals surface area contributed by atoms with Crippen molar-refractivity contribution in [2.45, 2.75) is 13.8 Å². The normalized spacial score (nSPS) is 10.9. The fourth-order valence-electron chi connectivity index (χ4n) is 1.13. The lowest BCUT2D eigenvalue weighted by Crippen LogP contribution is -2.37. The number of nitrogens with two attached hydrogens (primary N) is 1. The number of carboxylic acid groups (broad SMARTS) is 1. The number of anilines is 1. The van der Waals surface area contributed by atoms with Crippen molar-refractivity contribution in [1.82, 2.24) is 4.98 Å². The van der Waals surface area contributed by atoms with Gasteiger partial charge in [-0.15, -0.1) is 0 Å². The molecule has 0 atom stereocenters. The Kier molecular flexibility index (Phi) is 3.67. The predicted molar refractivity (Wildman–Crippen MR) is 62.7 cm³/mol. The smallest absolute Gasteiger partial charge is 0.337 e. The first-order valence-electron chi connectivity index (χ1n) is 5.05. The molecule has 1 heterocycles. The number of nitrogens with one attached hydrogen (secondary N) is 1. The zero-order chi connectivity index (χ0) is 13.1. The van der Waals surface area contributed by atoms with E-state index in [1.165, 1.54) is 18.5 Å². The molecule has 92 valence electrons. The van der Waals surface area contributed by atoms with Crippen molar-refractivity contribution in [1.29, 1.82) is 0 Å². The quantitative estimate of drug-likeness (QED) is 0.699. The number of hydrogen-bond donors (Lipinski definition) is 3. The van der Waals surface area contributed by atoms with E-state index in [4.69, 9.17) is 10.8 Å². The second-order valence-electron chi connectivity index (χ2n) is 4.33. The van der Waals surface area contributed by atoms with Crippen molar-refractivity contribution in [3.63, 3.8) is 0 Å². The number of carbonyl (C=O) groups excluding carboxylic acids is 1. The standard InChI is InChI=1S/C11H15N3O3/c1-11(2,10(12)17)6-14-8-5-13-4-3-7(8)9(15)16/h3-5,14H,6H2,1-2H3,(H2,12,17)(H,15,16). The molecular weight excluding hydrogens is 222 g/mol. The van der Waals surface area contributed by atoms with Gasteiger partial charge in [0.15, 0.2) is 0 Å².